The highest BCUT2D eigenvalue weighted by Gasteiger charge is 2.34. The van der Waals surface area contributed by atoms with E-state index in [0.29, 0.717) is 6.54 Å². The Bertz CT molecular complexity index is 184. The van der Waals surface area contributed by atoms with E-state index in [-0.39, 0.29) is 5.60 Å². The minimum absolute atomic E-state index is 0.0553. The van der Waals surface area contributed by atoms with Gasteiger partial charge >= 0.3 is 0 Å². The van der Waals surface area contributed by atoms with Crippen molar-refractivity contribution in [3.63, 3.8) is 0 Å². The molecule has 0 aromatic carbocycles. The first-order chi connectivity index (χ1) is 7.35. The van der Waals surface area contributed by atoms with Crippen LogP contribution in [0.3, 0.4) is 0 Å². The van der Waals surface area contributed by atoms with E-state index >= 15 is 0 Å². The summed E-state index contributed by atoms with van der Waals surface area (Å²) in [6.45, 7) is 3.41. The Labute approximate surface area is 92.7 Å². The summed E-state index contributed by atoms with van der Waals surface area (Å²) in [4.78, 5) is 0. The molecule has 0 amide bonds. The lowest BCUT2D eigenvalue weighted by atomic mass is 9.80. The molecule has 1 heterocycles. The molecule has 0 spiro atoms. The van der Waals surface area contributed by atoms with Crippen LogP contribution >= 0.6 is 0 Å². The maximum absolute atomic E-state index is 5.93. The molecule has 1 aliphatic carbocycles. The highest BCUT2D eigenvalue weighted by Crippen LogP contribution is 2.32. The van der Waals surface area contributed by atoms with Gasteiger partial charge in [0.05, 0.1) is 12.2 Å². The summed E-state index contributed by atoms with van der Waals surface area (Å²) in [5, 5.41) is 3.41. The van der Waals surface area contributed by atoms with Gasteiger partial charge in [0, 0.05) is 19.6 Å². The monoisotopic (exact) mass is 212 g/mol. The van der Waals surface area contributed by atoms with Gasteiger partial charge in [0.25, 0.3) is 0 Å². The van der Waals surface area contributed by atoms with Crippen LogP contribution in [-0.4, -0.2) is 31.8 Å². The molecular weight excluding hydrogens is 188 g/mol. The highest BCUT2D eigenvalue weighted by molar-refractivity contribution is 4.90. The van der Waals surface area contributed by atoms with E-state index in [1.54, 1.807) is 0 Å². The zero-order chi connectivity index (χ0) is 10.6. The number of rotatable bonds is 3. The molecule has 3 nitrogen and oxygen atoms in total. The van der Waals surface area contributed by atoms with Gasteiger partial charge in [-0.25, -0.2) is 0 Å². The Balaban J connectivity index is 1.87. The lowest BCUT2D eigenvalue weighted by Gasteiger charge is -2.40. The van der Waals surface area contributed by atoms with Gasteiger partial charge < -0.3 is 15.8 Å². The van der Waals surface area contributed by atoms with Gasteiger partial charge in [-0.3, -0.25) is 0 Å². The van der Waals surface area contributed by atoms with Crippen molar-refractivity contribution in [1.29, 1.82) is 0 Å². The van der Waals surface area contributed by atoms with Crippen LogP contribution in [0.4, 0.5) is 0 Å². The lowest BCUT2D eigenvalue weighted by Crippen LogP contribution is -2.55. The molecule has 0 radical (unpaired) electrons. The van der Waals surface area contributed by atoms with Gasteiger partial charge in [0.2, 0.25) is 0 Å². The Morgan fingerprint density at radius 1 is 1.27 bits per heavy atom. The Hall–Kier alpha value is -0.120. The van der Waals surface area contributed by atoms with Crippen molar-refractivity contribution in [2.75, 3.05) is 26.2 Å². The lowest BCUT2D eigenvalue weighted by molar-refractivity contribution is -0.0759. The fraction of sp³-hybridized carbons (Fsp3) is 1.00. The summed E-state index contributed by atoms with van der Waals surface area (Å²) in [5.41, 5.74) is 5.84. The van der Waals surface area contributed by atoms with Crippen LogP contribution in [0, 0.1) is 5.92 Å². The first kappa shape index (κ1) is 11.4. The molecular formula is C12H24N2O. The van der Waals surface area contributed by atoms with Crippen molar-refractivity contribution in [2.24, 2.45) is 11.7 Å². The molecule has 2 rings (SSSR count). The topological polar surface area (TPSA) is 47.3 Å². The van der Waals surface area contributed by atoms with Crippen molar-refractivity contribution in [3.8, 4) is 0 Å². The van der Waals surface area contributed by atoms with Gasteiger partial charge in [0.1, 0.15) is 0 Å². The average molecular weight is 212 g/mol. The SMILES string of the molecule is NC[C@]1(CC2CCCCC2)CNCCO1. The molecule has 88 valence electrons. The maximum Gasteiger partial charge on any atom is 0.0930 e. The van der Waals surface area contributed by atoms with Gasteiger partial charge in [-0.2, -0.15) is 0 Å². The number of nitrogens with one attached hydrogen (secondary N) is 1. The quantitative estimate of drug-likeness (QED) is 0.740. The summed E-state index contributed by atoms with van der Waals surface area (Å²) in [7, 11) is 0. The number of nitrogens with two attached hydrogens (primary N) is 1. The van der Waals surface area contributed by atoms with Gasteiger partial charge in [0.15, 0.2) is 0 Å². The van der Waals surface area contributed by atoms with Gasteiger partial charge in [-0.15, -0.1) is 0 Å². The molecule has 2 fully saturated rings. The van der Waals surface area contributed by atoms with E-state index in [0.717, 1.165) is 32.0 Å². The number of hydrogen-bond acceptors (Lipinski definition) is 3. The summed E-state index contributed by atoms with van der Waals surface area (Å²) in [6, 6.07) is 0. The molecule has 0 bridgehead atoms. The van der Waals surface area contributed by atoms with Crippen LogP contribution < -0.4 is 11.1 Å². The van der Waals surface area contributed by atoms with Crippen LogP contribution in [0.25, 0.3) is 0 Å². The third kappa shape index (κ3) is 2.92. The molecule has 3 heteroatoms. The Kier molecular flexibility index (Phi) is 4.00. The standard InChI is InChI=1S/C12H24N2O/c13-9-12(10-14-6-7-15-12)8-11-4-2-1-3-5-11/h11,14H,1-10,13H2/t12-/m1/s1. The fourth-order valence-electron chi connectivity index (χ4n) is 2.97. The molecule has 1 saturated heterocycles. The molecule has 15 heavy (non-hydrogen) atoms. The number of morpholine rings is 1. The van der Waals surface area contributed by atoms with Crippen molar-refractivity contribution >= 4 is 0 Å². The number of hydrogen-bond donors (Lipinski definition) is 2. The largest absolute Gasteiger partial charge is 0.371 e. The summed E-state index contributed by atoms with van der Waals surface area (Å²) < 4.78 is 5.93. The first-order valence-corrected chi connectivity index (χ1v) is 6.39. The minimum Gasteiger partial charge on any atom is -0.371 e. The van der Waals surface area contributed by atoms with Crippen LogP contribution in [0.2, 0.25) is 0 Å². The predicted octanol–water partition coefficient (Wildman–Crippen LogP) is 1.27. The van der Waals surface area contributed by atoms with Crippen LogP contribution in [0.1, 0.15) is 38.5 Å². The summed E-state index contributed by atoms with van der Waals surface area (Å²) in [5.74, 6) is 0.849. The molecule has 1 atom stereocenters. The smallest absolute Gasteiger partial charge is 0.0930 e. The normalized spacial score (nSPS) is 34.2. The van der Waals surface area contributed by atoms with Crippen LogP contribution in [-0.2, 0) is 4.74 Å². The van der Waals surface area contributed by atoms with Crippen molar-refractivity contribution < 1.29 is 4.74 Å². The molecule has 1 saturated carbocycles. The summed E-state index contributed by atoms with van der Waals surface area (Å²) in [6.07, 6.45) is 8.15. The van der Waals surface area contributed by atoms with Gasteiger partial charge in [-0.05, 0) is 12.3 Å². The van der Waals surface area contributed by atoms with E-state index in [9.17, 15) is 0 Å². The second-order valence-electron chi connectivity index (χ2n) is 5.12. The molecule has 0 unspecified atom stereocenters. The maximum atomic E-state index is 5.93. The van der Waals surface area contributed by atoms with E-state index in [1.807, 2.05) is 0 Å². The van der Waals surface area contributed by atoms with E-state index in [1.165, 1.54) is 32.1 Å². The third-order valence-electron chi connectivity index (χ3n) is 3.89. The summed E-state index contributed by atoms with van der Waals surface area (Å²) >= 11 is 0. The third-order valence-corrected chi connectivity index (χ3v) is 3.89. The predicted molar refractivity (Wildman–Crippen MR) is 61.8 cm³/mol. The van der Waals surface area contributed by atoms with Crippen LogP contribution in [0.5, 0.6) is 0 Å². The minimum atomic E-state index is -0.0553. The molecule has 0 aromatic heterocycles. The second kappa shape index (κ2) is 5.28. The van der Waals surface area contributed by atoms with E-state index in [4.69, 9.17) is 10.5 Å². The van der Waals surface area contributed by atoms with Crippen LogP contribution in [0.15, 0.2) is 0 Å². The van der Waals surface area contributed by atoms with E-state index in [2.05, 4.69) is 5.32 Å². The van der Waals surface area contributed by atoms with Crippen molar-refractivity contribution in [3.05, 3.63) is 0 Å². The highest BCUT2D eigenvalue weighted by atomic mass is 16.5. The Morgan fingerprint density at radius 3 is 2.67 bits per heavy atom. The molecule has 0 aromatic rings. The zero-order valence-electron chi connectivity index (χ0n) is 9.63. The van der Waals surface area contributed by atoms with Crippen molar-refractivity contribution in [2.45, 2.75) is 44.1 Å². The molecule has 1 aliphatic heterocycles. The molecule has 3 N–H and O–H groups in total. The first-order valence-electron chi connectivity index (χ1n) is 6.39. The average Bonchev–Trinajstić information content (AvgIpc) is 2.32. The molecule has 2 aliphatic rings. The Morgan fingerprint density at radius 2 is 2.07 bits per heavy atom. The van der Waals surface area contributed by atoms with E-state index < -0.39 is 0 Å². The fourth-order valence-corrected chi connectivity index (χ4v) is 2.97. The second-order valence-corrected chi connectivity index (χ2v) is 5.12. The van der Waals surface area contributed by atoms with Crippen molar-refractivity contribution in [1.82, 2.24) is 5.32 Å². The number of ether oxygens (including phenoxy) is 1. The zero-order valence-corrected chi connectivity index (χ0v) is 9.63. The van der Waals surface area contributed by atoms with Gasteiger partial charge in [-0.1, -0.05) is 32.1 Å².